The van der Waals surface area contributed by atoms with Gasteiger partial charge in [-0.1, -0.05) is 115 Å². The zero-order valence-electron chi connectivity index (χ0n) is 24.1. The Labute approximate surface area is 256 Å². The summed E-state index contributed by atoms with van der Waals surface area (Å²) in [6, 6.07) is 54.5. The van der Waals surface area contributed by atoms with Crippen LogP contribution >= 0.6 is 0 Å². The van der Waals surface area contributed by atoms with Gasteiger partial charge in [-0.05, 0) is 131 Å². The summed E-state index contributed by atoms with van der Waals surface area (Å²) >= 11 is 0. The van der Waals surface area contributed by atoms with E-state index in [-0.39, 0.29) is 0 Å². The number of phenolic OH excluding ortho intramolecular Hbond substituents is 1. The average Bonchev–Trinajstić information content (AvgIpc) is 3.45. The van der Waals surface area contributed by atoms with Gasteiger partial charge in [-0.3, -0.25) is 0 Å². The lowest BCUT2D eigenvalue weighted by Gasteiger charge is -2.15. The first-order chi connectivity index (χ1) is 21.7. The summed E-state index contributed by atoms with van der Waals surface area (Å²) < 4.78 is 0. The van der Waals surface area contributed by atoms with E-state index in [2.05, 4.69) is 133 Å². The van der Waals surface area contributed by atoms with Crippen molar-refractivity contribution in [2.75, 3.05) is 0 Å². The van der Waals surface area contributed by atoms with E-state index >= 15 is 0 Å². The number of benzene rings is 8. The second kappa shape index (κ2) is 9.69. The number of rotatable bonds is 3. The van der Waals surface area contributed by atoms with Crippen molar-refractivity contribution in [3.63, 3.8) is 0 Å². The van der Waals surface area contributed by atoms with Gasteiger partial charge in [-0.15, -0.1) is 0 Å². The Balaban J connectivity index is 1.29. The molecule has 1 aliphatic carbocycles. The summed E-state index contributed by atoms with van der Waals surface area (Å²) in [7, 11) is 0. The Kier molecular flexibility index (Phi) is 5.48. The van der Waals surface area contributed by atoms with Crippen LogP contribution in [0.5, 0.6) is 5.75 Å². The predicted molar refractivity (Wildman–Crippen MR) is 185 cm³/mol. The quantitative estimate of drug-likeness (QED) is 0.228. The lowest BCUT2D eigenvalue weighted by molar-refractivity contribution is 0.476. The van der Waals surface area contributed by atoms with Crippen LogP contribution in [0.2, 0.25) is 0 Å². The second-order valence-electron chi connectivity index (χ2n) is 11.9. The van der Waals surface area contributed by atoms with Crippen molar-refractivity contribution < 1.29 is 5.11 Å². The summed E-state index contributed by atoms with van der Waals surface area (Å²) in [5.74, 6) is 0.293. The Bertz CT molecular complexity index is 2420. The van der Waals surface area contributed by atoms with E-state index in [4.69, 9.17) is 0 Å². The molecule has 9 rings (SSSR count). The number of hydrogen-bond donors (Lipinski definition) is 1. The fraction of sp³-hybridized carbons (Fsp3) is 0.0233. The van der Waals surface area contributed by atoms with Crippen LogP contribution in [0.25, 0.3) is 76.8 Å². The van der Waals surface area contributed by atoms with Crippen LogP contribution in [0.15, 0.2) is 152 Å². The van der Waals surface area contributed by atoms with E-state index in [0.717, 1.165) is 17.2 Å². The maximum atomic E-state index is 10.1. The molecule has 0 fully saturated rings. The van der Waals surface area contributed by atoms with Crippen molar-refractivity contribution in [1.29, 1.82) is 0 Å². The molecular formula is C43H28O. The van der Waals surface area contributed by atoms with Crippen molar-refractivity contribution in [3.05, 3.63) is 163 Å². The molecule has 8 aromatic rings. The smallest absolute Gasteiger partial charge is 0.116 e. The van der Waals surface area contributed by atoms with Gasteiger partial charge in [0.05, 0.1) is 0 Å². The zero-order chi connectivity index (χ0) is 29.2. The summed E-state index contributed by atoms with van der Waals surface area (Å²) in [5, 5.41) is 17.3. The van der Waals surface area contributed by atoms with Crippen LogP contribution in [-0.2, 0) is 6.42 Å². The molecule has 44 heavy (non-hydrogen) atoms. The SMILES string of the molecule is Oc1ccc2cc(-c3cc(-c4cccc5ccccc45)cc4c3Cc3ccc(-c5cccc6ccccc56)cc3-4)ccc2c1. The minimum Gasteiger partial charge on any atom is -0.508 e. The monoisotopic (exact) mass is 560 g/mol. The molecule has 8 aromatic carbocycles. The lowest BCUT2D eigenvalue weighted by atomic mass is 9.88. The highest BCUT2D eigenvalue weighted by atomic mass is 16.3. The Hall–Kier alpha value is -5.66. The highest BCUT2D eigenvalue weighted by Crippen LogP contribution is 2.47. The Morgan fingerprint density at radius 3 is 1.70 bits per heavy atom. The van der Waals surface area contributed by atoms with Gasteiger partial charge in [0.1, 0.15) is 5.75 Å². The van der Waals surface area contributed by atoms with Gasteiger partial charge in [0.2, 0.25) is 0 Å². The fourth-order valence-electron chi connectivity index (χ4n) is 7.21. The molecule has 1 N–H and O–H groups in total. The van der Waals surface area contributed by atoms with E-state index in [0.29, 0.717) is 5.75 Å². The molecule has 0 amide bonds. The molecule has 0 bridgehead atoms. The van der Waals surface area contributed by atoms with Crippen molar-refractivity contribution in [1.82, 2.24) is 0 Å². The molecule has 1 aliphatic rings. The van der Waals surface area contributed by atoms with E-state index in [9.17, 15) is 5.11 Å². The molecule has 0 saturated carbocycles. The molecule has 0 aromatic heterocycles. The molecule has 0 radical (unpaired) electrons. The van der Waals surface area contributed by atoms with Gasteiger partial charge in [-0.2, -0.15) is 0 Å². The Morgan fingerprint density at radius 2 is 0.932 bits per heavy atom. The molecular weight excluding hydrogens is 532 g/mol. The summed E-state index contributed by atoms with van der Waals surface area (Å²) in [6.45, 7) is 0. The van der Waals surface area contributed by atoms with Crippen molar-refractivity contribution in [2.24, 2.45) is 0 Å². The maximum absolute atomic E-state index is 10.1. The first kappa shape index (κ1) is 24.9. The first-order valence-electron chi connectivity index (χ1n) is 15.2. The summed E-state index contributed by atoms with van der Waals surface area (Å²) in [4.78, 5) is 0. The fourth-order valence-corrected chi connectivity index (χ4v) is 7.21. The third-order valence-electron chi connectivity index (χ3n) is 9.35. The van der Waals surface area contributed by atoms with Gasteiger partial charge in [0.25, 0.3) is 0 Å². The number of fused-ring (bicyclic) bond motifs is 6. The van der Waals surface area contributed by atoms with Gasteiger partial charge in [0, 0.05) is 0 Å². The summed E-state index contributed by atoms with van der Waals surface area (Å²) in [6.07, 6.45) is 0.902. The van der Waals surface area contributed by atoms with E-state index < -0.39 is 0 Å². The second-order valence-corrected chi connectivity index (χ2v) is 11.9. The molecule has 0 saturated heterocycles. The predicted octanol–water partition coefficient (Wildman–Crippen LogP) is 11.4. The van der Waals surface area contributed by atoms with E-state index in [1.54, 1.807) is 6.07 Å². The van der Waals surface area contributed by atoms with Crippen LogP contribution < -0.4 is 0 Å². The molecule has 0 heterocycles. The number of aromatic hydroxyl groups is 1. The van der Waals surface area contributed by atoms with Crippen molar-refractivity contribution in [3.8, 4) is 50.3 Å². The van der Waals surface area contributed by atoms with Crippen LogP contribution in [0.4, 0.5) is 0 Å². The third-order valence-corrected chi connectivity index (χ3v) is 9.35. The average molecular weight is 561 g/mol. The molecule has 0 aliphatic heterocycles. The van der Waals surface area contributed by atoms with E-state index in [1.807, 2.05) is 12.1 Å². The minimum absolute atomic E-state index is 0.293. The van der Waals surface area contributed by atoms with Gasteiger partial charge < -0.3 is 5.11 Å². The maximum Gasteiger partial charge on any atom is 0.116 e. The summed E-state index contributed by atoms with van der Waals surface area (Å²) in [5.41, 5.74) is 12.8. The molecule has 1 nitrogen and oxygen atoms in total. The van der Waals surface area contributed by atoms with Gasteiger partial charge in [-0.25, -0.2) is 0 Å². The van der Waals surface area contributed by atoms with Crippen LogP contribution in [-0.4, -0.2) is 5.11 Å². The van der Waals surface area contributed by atoms with E-state index in [1.165, 1.54) is 77.2 Å². The minimum atomic E-state index is 0.293. The first-order valence-corrected chi connectivity index (χ1v) is 15.2. The van der Waals surface area contributed by atoms with Crippen LogP contribution in [0.1, 0.15) is 11.1 Å². The standard InChI is InChI=1S/C43H28O/c44-35-20-19-29-21-31(16-15-30(29)22-35)41-25-34(39-14-6-10-28-8-2-4-12-37(28)39)26-43-40-23-32(17-18-33(40)24-42(41)43)38-13-5-9-27-7-1-3-11-36(27)38/h1-23,25-26,44H,24H2. The number of phenols is 1. The normalized spacial score (nSPS) is 12.1. The van der Waals surface area contributed by atoms with Crippen LogP contribution in [0, 0.1) is 0 Å². The molecule has 0 atom stereocenters. The third kappa shape index (κ3) is 3.94. The van der Waals surface area contributed by atoms with Crippen molar-refractivity contribution >= 4 is 32.3 Å². The van der Waals surface area contributed by atoms with Crippen LogP contribution in [0.3, 0.4) is 0 Å². The highest BCUT2D eigenvalue weighted by Gasteiger charge is 2.24. The molecule has 0 spiro atoms. The molecule has 206 valence electrons. The van der Waals surface area contributed by atoms with Gasteiger partial charge >= 0.3 is 0 Å². The zero-order valence-corrected chi connectivity index (χ0v) is 24.1. The molecule has 0 unspecified atom stereocenters. The lowest BCUT2D eigenvalue weighted by Crippen LogP contribution is -1.91. The Morgan fingerprint density at radius 1 is 0.364 bits per heavy atom. The largest absolute Gasteiger partial charge is 0.508 e. The number of hydrogen-bond acceptors (Lipinski definition) is 1. The topological polar surface area (TPSA) is 20.2 Å². The van der Waals surface area contributed by atoms with Crippen molar-refractivity contribution in [2.45, 2.75) is 6.42 Å². The van der Waals surface area contributed by atoms with Gasteiger partial charge in [0.15, 0.2) is 0 Å². The molecule has 1 heteroatoms. The highest BCUT2D eigenvalue weighted by molar-refractivity contribution is 6.02.